The van der Waals surface area contributed by atoms with Crippen LogP contribution in [0.2, 0.25) is 10.0 Å². The molecule has 2 aromatic heterocycles. The molecule has 224 valence electrons. The zero-order valence-electron chi connectivity index (χ0n) is 23.0. The minimum absolute atomic E-state index is 0.0299. The standard InChI is InChI=1S/C18H14BrCl2N5O2.C11H13NO3/c1-9-6-10(20)7-11(17(27)22-2)15(9)24-18(28)13-8-14(19)25-26(13)16-12(21)4-3-5-23-16;13-10(6-7-11(14)15)12-8-9-4-2-1-3-5-9/h3-8H,1-2H3,(H,22,27)(H,24,28);1-5H,6-8H2,(H,12,13)(H,14,15). The van der Waals surface area contributed by atoms with Crippen molar-refractivity contribution in [3.63, 3.8) is 0 Å². The van der Waals surface area contributed by atoms with Crippen molar-refractivity contribution in [2.75, 3.05) is 12.4 Å². The van der Waals surface area contributed by atoms with Crippen LogP contribution in [0.3, 0.4) is 0 Å². The molecule has 4 rings (SSSR count). The molecule has 3 amide bonds. The molecule has 0 radical (unpaired) electrons. The second-order valence-corrected chi connectivity index (χ2v) is 10.6. The molecule has 0 aliphatic carbocycles. The first-order valence-electron chi connectivity index (χ1n) is 12.7. The van der Waals surface area contributed by atoms with E-state index in [1.807, 2.05) is 30.3 Å². The Morgan fingerprint density at radius 1 is 0.977 bits per heavy atom. The van der Waals surface area contributed by atoms with Crippen LogP contribution in [0.4, 0.5) is 5.69 Å². The van der Waals surface area contributed by atoms with Gasteiger partial charge in [-0.25, -0.2) is 9.67 Å². The van der Waals surface area contributed by atoms with Gasteiger partial charge in [-0.3, -0.25) is 19.2 Å². The van der Waals surface area contributed by atoms with Crippen molar-refractivity contribution in [3.8, 4) is 5.82 Å². The van der Waals surface area contributed by atoms with Crippen LogP contribution in [0.25, 0.3) is 5.82 Å². The van der Waals surface area contributed by atoms with Crippen LogP contribution >= 0.6 is 39.1 Å². The lowest BCUT2D eigenvalue weighted by molar-refractivity contribution is -0.138. The summed E-state index contributed by atoms with van der Waals surface area (Å²) in [5, 5.41) is 21.3. The van der Waals surface area contributed by atoms with E-state index >= 15 is 0 Å². The summed E-state index contributed by atoms with van der Waals surface area (Å²) < 4.78 is 1.76. The van der Waals surface area contributed by atoms with E-state index in [1.54, 1.807) is 31.3 Å². The normalized spacial score (nSPS) is 10.3. The van der Waals surface area contributed by atoms with Crippen LogP contribution in [-0.4, -0.2) is 50.6 Å². The highest BCUT2D eigenvalue weighted by Crippen LogP contribution is 2.27. The number of halogens is 3. The number of nitrogens with zero attached hydrogens (tertiary/aromatic N) is 3. The van der Waals surface area contributed by atoms with Crippen molar-refractivity contribution < 1.29 is 24.3 Å². The molecular formula is C29H27BrCl2N6O5. The number of hydrogen-bond acceptors (Lipinski definition) is 6. The average molecular weight is 690 g/mol. The smallest absolute Gasteiger partial charge is 0.303 e. The van der Waals surface area contributed by atoms with Gasteiger partial charge in [-0.2, -0.15) is 5.10 Å². The number of carbonyl (C=O) groups excluding carboxylic acids is 3. The minimum atomic E-state index is -0.954. The number of carbonyl (C=O) groups is 4. The molecule has 0 aliphatic heterocycles. The second-order valence-electron chi connectivity index (χ2n) is 8.91. The fraction of sp³-hybridized carbons (Fsp3) is 0.172. The Kier molecular flexibility index (Phi) is 12.2. The van der Waals surface area contributed by atoms with E-state index in [0.717, 1.165) is 5.56 Å². The number of benzene rings is 2. The maximum atomic E-state index is 13.0. The van der Waals surface area contributed by atoms with Crippen molar-refractivity contribution in [1.82, 2.24) is 25.4 Å². The fourth-order valence-electron chi connectivity index (χ4n) is 3.71. The van der Waals surface area contributed by atoms with Crippen LogP contribution in [0.5, 0.6) is 0 Å². The number of anilines is 1. The third-order valence-electron chi connectivity index (χ3n) is 5.76. The van der Waals surface area contributed by atoms with Crippen molar-refractivity contribution >= 4 is 68.5 Å². The largest absolute Gasteiger partial charge is 0.481 e. The predicted octanol–water partition coefficient (Wildman–Crippen LogP) is 5.42. The summed E-state index contributed by atoms with van der Waals surface area (Å²) in [5.74, 6) is -1.75. The Balaban J connectivity index is 0.000000285. The van der Waals surface area contributed by atoms with Gasteiger partial charge in [-0.15, -0.1) is 0 Å². The number of aliphatic carboxylic acids is 1. The highest BCUT2D eigenvalue weighted by atomic mass is 79.9. The molecule has 0 saturated carbocycles. The van der Waals surface area contributed by atoms with Crippen molar-refractivity contribution in [3.05, 3.63) is 104 Å². The summed E-state index contributed by atoms with van der Waals surface area (Å²) >= 11 is 15.5. The van der Waals surface area contributed by atoms with E-state index in [0.29, 0.717) is 38.3 Å². The molecule has 0 bridgehead atoms. The minimum Gasteiger partial charge on any atom is -0.481 e. The van der Waals surface area contributed by atoms with Gasteiger partial charge in [-0.1, -0.05) is 53.5 Å². The van der Waals surface area contributed by atoms with Gasteiger partial charge in [0.05, 0.1) is 22.7 Å². The number of carboxylic acids is 1. The first-order valence-corrected chi connectivity index (χ1v) is 14.3. The van der Waals surface area contributed by atoms with Crippen LogP contribution in [0.15, 0.2) is 71.5 Å². The van der Waals surface area contributed by atoms with Crippen molar-refractivity contribution in [1.29, 1.82) is 0 Å². The fourth-order valence-corrected chi connectivity index (χ4v) is 4.56. The number of pyridine rings is 1. The molecule has 4 aromatic rings. The zero-order valence-corrected chi connectivity index (χ0v) is 26.1. The van der Waals surface area contributed by atoms with Gasteiger partial charge in [-0.05, 0) is 58.2 Å². The third kappa shape index (κ3) is 9.63. The summed E-state index contributed by atoms with van der Waals surface area (Å²) in [6.45, 7) is 2.19. The second kappa shape index (κ2) is 15.8. The highest BCUT2D eigenvalue weighted by molar-refractivity contribution is 9.10. The molecule has 0 saturated heterocycles. The summed E-state index contributed by atoms with van der Waals surface area (Å²) in [5.41, 5.74) is 2.43. The first-order chi connectivity index (χ1) is 20.5. The Hall–Kier alpha value is -4.26. The third-order valence-corrected chi connectivity index (χ3v) is 6.66. The van der Waals surface area contributed by atoms with Crippen LogP contribution in [0.1, 0.15) is 44.8 Å². The first kappa shape index (κ1) is 33.2. The van der Waals surface area contributed by atoms with Gasteiger partial charge in [0.1, 0.15) is 10.3 Å². The van der Waals surface area contributed by atoms with E-state index in [2.05, 4.69) is 42.0 Å². The molecule has 0 aliphatic rings. The zero-order chi connectivity index (χ0) is 31.5. The molecule has 43 heavy (non-hydrogen) atoms. The lowest BCUT2D eigenvalue weighted by Crippen LogP contribution is -2.23. The lowest BCUT2D eigenvalue weighted by Gasteiger charge is -2.14. The van der Waals surface area contributed by atoms with Gasteiger partial charge < -0.3 is 21.1 Å². The number of aryl methyl sites for hydroxylation is 1. The molecule has 0 unspecified atom stereocenters. The summed E-state index contributed by atoms with van der Waals surface area (Å²) in [6, 6.07) is 17.5. The van der Waals surface area contributed by atoms with Crippen LogP contribution in [-0.2, 0) is 16.1 Å². The number of carboxylic acid groups (broad SMARTS) is 1. The molecule has 0 fully saturated rings. The summed E-state index contributed by atoms with van der Waals surface area (Å²) in [4.78, 5) is 50.8. The molecule has 4 N–H and O–H groups in total. The van der Waals surface area contributed by atoms with Gasteiger partial charge >= 0.3 is 5.97 Å². The van der Waals surface area contributed by atoms with E-state index in [1.165, 1.54) is 23.9 Å². The SMILES string of the molecule is CNC(=O)c1cc(Cl)cc(C)c1NC(=O)c1cc(Br)nn1-c1ncccc1Cl.O=C(O)CCC(=O)NCc1ccccc1. The maximum Gasteiger partial charge on any atom is 0.303 e. The number of hydrogen-bond donors (Lipinski definition) is 4. The molecule has 2 heterocycles. The molecule has 2 aromatic carbocycles. The van der Waals surface area contributed by atoms with Crippen LogP contribution < -0.4 is 16.0 Å². The topological polar surface area (TPSA) is 155 Å². The number of nitrogens with one attached hydrogen (secondary N) is 3. The van der Waals surface area contributed by atoms with Gasteiger partial charge in [0.15, 0.2) is 5.82 Å². The number of rotatable bonds is 9. The summed E-state index contributed by atoms with van der Waals surface area (Å²) in [6.07, 6.45) is 1.45. The molecule has 0 atom stereocenters. The monoisotopic (exact) mass is 688 g/mol. The highest BCUT2D eigenvalue weighted by Gasteiger charge is 2.22. The maximum absolute atomic E-state index is 13.0. The Morgan fingerprint density at radius 3 is 2.35 bits per heavy atom. The Morgan fingerprint density at radius 2 is 1.70 bits per heavy atom. The predicted molar refractivity (Wildman–Crippen MR) is 167 cm³/mol. The summed E-state index contributed by atoms with van der Waals surface area (Å²) in [7, 11) is 1.50. The average Bonchev–Trinajstić information content (AvgIpc) is 3.38. The quantitative estimate of drug-likeness (QED) is 0.183. The molecular weight excluding hydrogens is 663 g/mol. The van der Waals surface area contributed by atoms with E-state index in [-0.39, 0.29) is 35.9 Å². The van der Waals surface area contributed by atoms with Gasteiger partial charge in [0.25, 0.3) is 11.8 Å². The number of aromatic nitrogens is 3. The van der Waals surface area contributed by atoms with Crippen molar-refractivity contribution in [2.24, 2.45) is 0 Å². The van der Waals surface area contributed by atoms with Gasteiger partial charge in [0.2, 0.25) is 5.91 Å². The number of amides is 3. The van der Waals surface area contributed by atoms with E-state index in [4.69, 9.17) is 28.3 Å². The van der Waals surface area contributed by atoms with E-state index < -0.39 is 11.9 Å². The molecule has 11 nitrogen and oxygen atoms in total. The molecule has 0 spiro atoms. The Bertz CT molecular complexity index is 1630. The van der Waals surface area contributed by atoms with Crippen molar-refractivity contribution in [2.45, 2.75) is 26.3 Å². The Labute approximate surface area is 265 Å². The van der Waals surface area contributed by atoms with Gasteiger partial charge in [0, 0.05) is 37.3 Å². The lowest BCUT2D eigenvalue weighted by atomic mass is 10.1. The molecule has 14 heteroatoms. The van der Waals surface area contributed by atoms with Crippen LogP contribution in [0, 0.1) is 6.92 Å². The van der Waals surface area contributed by atoms with E-state index in [9.17, 15) is 19.2 Å².